The Morgan fingerprint density at radius 1 is 1.64 bits per heavy atom. The summed E-state index contributed by atoms with van der Waals surface area (Å²) in [5, 5.41) is 9.14. The van der Waals surface area contributed by atoms with Crippen molar-refractivity contribution in [3.05, 3.63) is 18.6 Å². The SMILES string of the molecule is CCCC(Sc1cnccn1)C(=O)O. The Morgan fingerprint density at radius 2 is 2.43 bits per heavy atom. The maximum atomic E-state index is 10.8. The Balaban J connectivity index is 2.60. The Morgan fingerprint density at radius 3 is 2.93 bits per heavy atom. The van der Waals surface area contributed by atoms with Crippen molar-refractivity contribution in [2.75, 3.05) is 0 Å². The van der Waals surface area contributed by atoms with Gasteiger partial charge in [0.15, 0.2) is 0 Å². The number of thioether (sulfide) groups is 1. The maximum Gasteiger partial charge on any atom is 0.317 e. The van der Waals surface area contributed by atoms with Crippen molar-refractivity contribution in [2.24, 2.45) is 0 Å². The first-order valence-electron chi connectivity index (χ1n) is 4.39. The lowest BCUT2D eigenvalue weighted by Crippen LogP contribution is -2.15. The van der Waals surface area contributed by atoms with E-state index in [4.69, 9.17) is 5.11 Å². The molecule has 0 aliphatic heterocycles. The van der Waals surface area contributed by atoms with Gasteiger partial charge < -0.3 is 5.11 Å². The Hall–Kier alpha value is -1.10. The van der Waals surface area contributed by atoms with Crippen LogP contribution >= 0.6 is 11.8 Å². The molecule has 0 fully saturated rings. The van der Waals surface area contributed by atoms with E-state index in [1.807, 2.05) is 6.92 Å². The number of carbonyl (C=O) groups is 1. The first-order chi connectivity index (χ1) is 6.74. The molecule has 5 heteroatoms. The van der Waals surface area contributed by atoms with Gasteiger partial charge in [-0.25, -0.2) is 4.98 Å². The molecule has 0 amide bonds. The third kappa shape index (κ3) is 3.33. The van der Waals surface area contributed by atoms with E-state index in [1.54, 1.807) is 18.6 Å². The molecule has 1 aromatic rings. The van der Waals surface area contributed by atoms with Crippen LogP contribution in [0.1, 0.15) is 19.8 Å². The zero-order valence-corrected chi connectivity index (χ0v) is 8.70. The molecule has 0 aliphatic rings. The van der Waals surface area contributed by atoms with Crippen LogP contribution < -0.4 is 0 Å². The lowest BCUT2D eigenvalue weighted by atomic mass is 10.2. The highest BCUT2D eigenvalue weighted by Crippen LogP contribution is 2.23. The fourth-order valence-electron chi connectivity index (χ4n) is 0.987. The van der Waals surface area contributed by atoms with Crippen molar-refractivity contribution in [2.45, 2.75) is 30.0 Å². The van der Waals surface area contributed by atoms with Crippen molar-refractivity contribution in [1.29, 1.82) is 0 Å². The summed E-state index contributed by atoms with van der Waals surface area (Å²) in [5.41, 5.74) is 0. The molecule has 0 saturated carbocycles. The van der Waals surface area contributed by atoms with Gasteiger partial charge in [-0.15, -0.1) is 0 Å². The third-order valence-electron chi connectivity index (χ3n) is 1.63. The number of hydrogen-bond acceptors (Lipinski definition) is 4. The maximum absolute atomic E-state index is 10.8. The van der Waals surface area contributed by atoms with Crippen molar-refractivity contribution >= 4 is 17.7 Å². The summed E-state index contributed by atoms with van der Waals surface area (Å²) in [6.07, 6.45) is 6.21. The van der Waals surface area contributed by atoms with E-state index in [0.29, 0.717) is 11.4 Å². The molecule has 0 spiro atoms. The van der Waals surface area contributed by atoms with Gasteiger partial charge in [0.05, 0.1) is 6.20 Å². The molecule has 0 aromatic carbocycles. The molecule has 1 atom stereocenters. The molecule has 76 valence electrons. The van der Waals surface area contributed by atoms with E-state index in [9.17, 15) is 4.79 Å². The highest BCUT2D eigenvalue weighted by Gasteiger charge is 2.18. The molecule has 0 aliphatic carbocycles. The van der Waals surface area contributed by atoms with Gasteiger partial charge in [-0.3, -0.25) is 9.78 Å². The minimum atomic E-state index is -0.789. The number of hydrogen-bond donors (Lipinski definition) is 1. The van der Waals surface area contributed by atoms with Crippen LogP contribution in [-0.4, -0.2) is 26.3 Å². The lowest BCUT2D eigenvalue weighted by Gasteiger charge is -2.08. The lowest BCUT2D eigenvalue weighted by molar-refractivity contribution is -0.136. The van der Waals surface area contributed by atoms with Crippen LogP contribution in [0.4, 0.5) is 0 Å². The fourth-order valence-corrected chi connectivity index (χ4v) is 1.98. The highest BCUT2D eigenvalue weighted by atomic mass is 32.2. The number of aromatic nitrogens is 2. The van der Waals surface area contributed by atoms with E-state index in [0.717, 1.165) is 6.42 Å². The van der Waals surface area contributed by atoms with Crippen molar-refractivity contribution < 1.29 is 9.90 Å². The van der Waals surface area contributed by atoms with Gasteiger partial charge in [0, 0.05) is 12.4 Å². The van der Waals surface area contributed by atoms with Crippen LogP contribution in [0.2, 0.25) is 0 Å². The third-order valence-corrected chi connectivity index (χ3v) is 2.80. The summed E-state index contributed by atoms with van der Waals surface area (Å²) in [4.78, 5) is 18.7. The molecule has 1 unspecified atom stereocenters. The summed E-state index contributed by atoms with van der Waals surface area (Å²) >= 11 is 1.25. The second-order valence-corrected chi connectivity index (χ2v) is 4.00. The summed E-state index contributed by atoms with van der Waals surface area (Å²) in [6, 6.07) is 0. The number of carboxylic acids is 1. The number of nitrogens with zero attached hydrogens (tertiary/aromatic N) is 2. The number of carboxylic acid groups (broad SMARTS) is 1. The van der Waals surface area contributed by atoms with Crippen LogP contribution in [0, 0.1) is 0 Å². The predicted molar refractivity (Wildman–Crippen MR) is 54.2 cm³/mol. The van der Waals surface area contributed by atoms with Gasteiger partial charge in [0.2, 0.25) is 0 Å². The molecule has 14 heavy (non-hydrogen) atoms. The van der Waals surface area contributed by atoms with E-state index >= 15 is 0 Å². The zero-order valence-electron chi connectivity index (χ0n) is 7.88. The summed E-state index contributed by atoms with van der Waals surface area (Å²) in [6.45, 7) is 1.97. The van der Waals surface area contributed by atoms with Crippen LogP contribution in [0.25, 0.3) is 0 Å². The molecule has 1 rings (SSSR count). The number of rotatable bonds is 5. The van der Waals surface area contributed by atoms with Crippen molar-refractivity contribution in [1.82, 2.24) is 9.97 Å². The molecule has 0 saturated heterocycles. The monoisotopic (exact) mass is 212 g/mol. The average Bonchev–Trinajstić information content (AvgIpc) is 2.18. The largest absolute Gasteiger partial charge is 0.480 e. The molecule has 4 nitrogen and oxygen atoms in total. The second kappa shape index (κ2) is 5.59. The minimum Gasteiger partial charge on any atom is -0.480 e. The quantitative estimate of drug-likeness (QED) is 0.754. The second-order valence-electron chi connectivity index (χ2n) is 2.78. The smallest absolute Gasteiger partial charge is 0.317 e. The van der Waals surface area contributed by atoms with Crippen LogP contribution in [-0.2, 0) is 4.79 Å². The first-order valence-corrected chi connectivity index (χ1v) is 5.27. The molecule has 0 radical (unpaired) electrons. The number of aliphatic carboxylic acids is 1. The van der Waals surface area contributed by atoms with Gasteiger partial charge >= 0.3 is 5.97 Å². The summed E-state index contributed by atoms with van der Waals surface area (Å²) < 4.78 is 0. The fraction of sp³-hybridized carbons (Fsp3) is 0.444. The normalized spacial score (nSPS) is 12.4. The van der Waals surface area contributed by atoms with Crippen LogP contribution in [0.3, 0.4) is 0 Å². The Labute approximate surface area is 86.8 Å². The highest BCUT2D eigenvalue weighted by molar-refractivity contribution is 8.00. The van der Waals surface area contributed by atoms with E-state index in [2.05, 4.69) is 9.97 Å². The molecular formula is C9H12N2O2S. The summed E-state index contributed by atoms with van der Waals surface area (Å²) in [5.74, 6) is -0.789. The Bertz CT molecular complexity index is 292. The van der Waals surface area contributed by atoms with Gasteiger partial charge in [0.1, 0.15) is 10.3 Å². The van der Waals surface area contributed by atoms with Crippen LogP contribution in [0.15, 0.2) is 23.6 Å². The van der Waals surface area contributed by atoms with E-state index in [-0.39, 0.29) is 0 Å². The van der Waals surface area contributed by atoms with Gasteiger partial charge in [-0.05, 0) is 6.42 Å². The molecule has 1 aromatic heterocycles. The van der Waals surface area contributed by atoms with Crippen molar-refractivity contribution in [3.8, 4) is 0 Å². The molecule has 1 N–H and O–H groups in total. The van der Waals surface area contributed by atoms with Crippen LogP contribution in [0.5, 0.6) is 0 Å². The molecule has 1 heterocycles. The van der Waals surface area contributed by atoms with E-state index in [1.165, 1.54) is 11.8 Å². The van der Waals surface area contributed by atoms with Gasteiger partial charge in [-0.2, -0.15) is 0 Å². The standard InChI is InChI=1S/C9H12N2O2S/c1-2-3-7(9(12)13)14-8-6-10-4-5-11-8/h4-7H,2-3H2,1H3,(H,12,13). The predicted octanol–water partition coefficient (Wildman–Crippen LogP) is 1.82. The van der Waals surface area contributed by atoms with Gasteiger partial charge in [0.25, 0.3) is 0 Å². The molecular weight excluding hydrogens is 200 g/mol. The topological polar surface area (TPSA) is 63.1 Å². The molecule has 0 bridgehead atoms. The minimum absolute atomic E-state index is 0.420. The van der Waals surface area contributed by atoms with Gasteiger partial charge in [-0.1, -0.05) is 25.1 Å². The zero-order chi connectivity index (χ0) is 10.4. The summed E-state index contributed by atoms with van der Waals surface area (Å²) in [7, 11) is 0. The Kier molecular flexibility index (Phi) is 4.39. The van der Waals surface area contributed by atoms with Crippen molar-refractivity contribution in [3.63, 3.8) is 0 Å². The first kappa shape index (κ1) is 11.0. The average molecular weight is 212 g/mol. The van der Waals surface area contributed by atoms with E-state index < -0.39 is 11.2 Å².